The third-order valence-electron chi connectivity index (χ3n) is 1.68. The van der Waals surface area contributed by atoms with Crippen LogP contribution in [-0.4, -0.2) is 32.1 Å². The van der Waals surface area contributed by atoms with Gasteiger partial charge < -0.3 is 0 Å². The molecular formula is C8H19Br2NOSSn. The molecule has 0 spiro atoms. The summed E-state index contributed by atoms with van der Waals surface area (Å²) in [6, 6.07) is 0.308. The van der Waals surface area contributed by atoms with Crippen molar-refractivity contribution < 1.29 is 3.07 Å². The van der Waals surface area contributed by atoms with Crippen LogP contribution in [0.1, 0.15) is 26.7 Å². The van der Waals surface area contributed by atoms with E-state index < -0.39 is 14.3 Å². The number of hydrogen-bond acceptors (Lipinski definition) is 3. The van der Waals surface area contributed by atoms with Gasteiger partial charge in [0.2, 0.25) is 0 Å². The Morgan fingerprint density at radius 3 is 2.64 bits per heavy atom. The van der Waals surface area contributed by atoms with Gasteiger partial charge in [-0.3, -0.25) is 0 Å². The van der Waals surface area contributed by atoms with E-state index in [-0.39, 0.29) is 0 Å². The molecule has 0 amide bonds. The van der Waals surface area contributed by atoms with Crippen LogP contribution >= 0.6 is 37.2 Å². The van der Waals surface area contributed by atoms with Gasteiger partial charge in [0.15, 0.2) is 0 Å². The Kier molecular flexibility index (Phi) is 10.4. The number of rotatable bonds is 8. The molecule has 86 valence electrons. The number of thioether (sulfide) groups is 1. The number of nitrogens with two attached hydrogens (primary N) is 1. The van der Waals surface area contributed by atoms with E-state index in [1.54, 1.807) is 0 Å². The van der Waals surface area contributed by atoms with Gasteiger partial charge in [0.25, 0.3) is 0 Å². The van der Waals surface area contributed by atoms with Crippen molar-refractivity contribution in [3.05, 3.63) is 0 Å². The summed E-state index contributed by atoms with van der Waals surface area (Å²) in [6.45, 7) is 4.19. The minimum absolute atomic E-state index is 0.308. The van der Waals surface area contributed by atoms with E-state index in [4.69, 9.17) is 8.81 Å². The van der Waals surface area contributed by atoms with Gasteiger partial charge in [0.05, 0.1) is 0 Å². The van der Waals surface area contributed by atoms with Crippen LogP contribution in [0.15, 0.2) is 0 Å². The van der Waals surface area contributed by atoms with E-state index in [1.165, 1.54) is 0 Å². The Hall–Kier alpha value is 2.03. The predicted molar refractivity (Wildman–Crippen MR) is 75.4 cm³/mol. The molecule has 2 N–H and O–H groups in total. The molecule has 0 fully saturated rings. The van der Waals surface area contributed by atoms with Gasteiger partial charge in [0.1, 0.15) is 0 Å². The zero-order valence-electron chi connectivity index (χ0n) is 8.76. The molecule has 0 bridgehead atoms. The summed E-state index contributed by atoms with van der Waals surface area (Å²) in [6.07, 6.45) is 2.24. The summed E-state index contributed by atoms with van der Waals surface area (Å²) in [5, 5.41) is 0. The van der Waals surface area contributed by atoms with Gasteiger partial charge in [0, 0.05) is 0 Å². The SMILES string of the molecule is CCSC[O][Sn]([Br])([Br])[CH2]CCC(C)N. The average molecular weight is 456 g/mol. The van der Waals surface area contributed by atoms with E-state index in [0.29, 0.717) is 6.04 Å². The molecule has 0 rings (SSSR count). The molecule has 0 aromatic rings. The molecule has 1 unspecified atom stereocenters. The van der Waals surface area contributed by atoms with Crippen molar-refractivity contribution in [3.8, 4) is 0 Å². The van der Waals surface area contributed by atoms with Gasteiger partial charge in [-0.25, -0.2) is 0 Å². The van der Waals surface area contributed by atoms with Gasteiger partial charge in [-0.15, -0.1) is 0 Å². The molecule has 0 aliphatic heterocycles. The van der Waals surface area contributed by atoms with Crippen molar-refractivity contribution >= 4 is 51.5 Å². The molecule has 0 saturated heterocycles. The summed E-state index contributed by atoms with van der Waals surface area (Å²) < 4.78 is 6.96. The van der Waals surface area contributed by atoms with E-state index in [9.17, 15) is 0 Å². The number of hydrogen-bond donors (Lipinski definition) is 1. The first-order valence-corrected chi connectivity index (χ1v) is 22.0. The van der Waals surface area contributed by atoms with Crippen molar-refractivity contribution in [1.29, 1.82) is 0 Å². The molecule has 2 nitrogen and oxygen atoms in total. The van der Waals surface area contributed by atoms with Crippen LogP contribution in [-0.2, 0) is 3.07 Å². The molecule has 0 radical (unpaired) electrons. The fraction of sp³-hybridized carbons (Fsp3) is 1.00. The molecule has 14 heavy (non-hydrogen) atoms. The second-order valence-corrected chi connectivity index (χ2v) is 34.7. The molecule has 1 atom stereocenters. The van der Waals surface area contributed by atoms with E-state index >= 15 is 0 Å². The third kappa shape index (κ3) is 10.5. The molecular weight excluding hydrogens is 437 g/mol. The summed E-state index contributed by atoms with van der Waals surface area (Å²) in [7, 11) is 0. The Labute approximate surface area is 108 Å². The first-order chi connectivity index (χ1) is 6.48. The fourth-order valence-electron chi connectivity index (χ4n) is 0.913. The number of halogens is 2. The van der Waals surface area contributed by atoms with Crippen LogP contribution in [0.3, 0.4) is 0 Å². The Morgan fingerprint density at radius 1 is 1.50 bits per heavy atom. The quantitative estimate of drug-likeness (QED) is 0.345. The summed E-state index contributed by atoms with van der Waals surface area (Å²) in [5.74, 6) is 1.92. The zero-order chi connectivity index (χ0) is 11.0. The van der Waals surface area contributed by atoms with Gasteiger partial charge in [-0.2, -0.15) is 0 Å². The van der Waals surface area contributed by atoms with Crippen molar-refractivity contribution in [1.82, 2.24) is 0 Å². The maximum atomic E-state index is 5.82. The van der Waals surface area contributed by atoms with Gasteiger partial charge in [-0.1, -0.05) is 0 Å². The monoisotopic (exact) mass is 455 g/mol. The molecule has 0 aliphatic rings. The first-order valence-electron chi connectivity index (χ1n) is 4.83. The average Bonchev–Trinajstić information content (AvgIpc) is 2.03. The van der Waals surface area contributed by atoms with Crippen molar-refractivity contribution in [2.45, 2.75) is 37.2 Å². The molecule has 0 aliphatic carbocycles. The summed E-state index contributed by atoms with van der Waals surface area (Å²) in [4.78, 5) is 0. The van der Waals surface area contributed by atoms with Crippen molar-refractivity contribution in [3.63, 3.8) is 0 Å². The normalized spacial score (nSPS) is 14.4. The van der Waals surface area contributed by atoms with Crippen LogP contribution in [0, 0.1) is 0 Å². The summed E-state index contributed by atoms with van der Waals surface area (Å²) >= 11 is 6.77. The molecule has 0 saturated carbocycles. The topological polar surface area (TPSA) is 35.2 Å². The summed E-state index contributed by atoms with van der Waals surface area (Å²) in [5.41, 5.74) is 5.69. The van der Waals surface area contributed by atoms with E-state index in [1.807, 2.05) is 18.7 Å². The second-order valence-electron chi connectivity index (χ2n) is 3.26. The molecule has 0 aromatic heterocycles. The van der Waals surface area contributed by atoms with Gasteiger partial charge >= 0.3 is 109 Å². The maximum absolute atomic E-state index is 5.82. The molecule has 0 aromatic carbocycles. The van der Waals surface area contributed by atoms with Gasteiger partial charge in [-0.05, 0) is 0 Å². The fourth-order valence-corrected chi connectivity index (χ4v) is 13.2. The molecule has 0 heterocycles. The Balaban J connectivity index is 3.50. The van der Waals surface area contributed by atoms with E-state index in [0.717, 1.165) is 29.0 Å². The predicted octanol–water partition coefficient (Wildman–Crippen LogP) is 3.57. The minimum atomic E-state index is -2.47. The van der Waals surface area contributed by atoms with Crippen molar-refractivity contribution in [2.75, 3.05) is 11.7 Å². The van der Waals surface area contributed by atoms with Crippen molar-refractivity contribution in [2.24, 2.45) is 5.73 Å². The Morgan fingerprint density at radius 2 is 2.14 bits per heavy atom. The van der Waals surface area contributed by atoms with Crippen LogP contribution < -0.4 is 5.73 Å². The molecule has 6 heteroatoms. The van der Waals surface area contributed by atoms with Crippen LogP contribution in [0.25, 0.3) is 0 Å². The third-order valence-corrected chi connectivity index (χ3v) is 15.7. The first kappa shape index (κ1) is 16.0. The standard InChI is InChI=1S/C5H12N.C3H7OS.2BrH.Sn/c1-3-4-5(2)6;1-2-5-3-4;;;/h5H,1,3-4,6H2,2H3;2-3H2,1H3;2*1H;/q;-1;;;+3/p-2. The Bertz CT molecular complexity index is 149. The zero-order valence-corrected chi connectivity index (χ0v) is 15.6. The van der Waals surface area contributed by atoms with Crippen LogP contribution in [0.5, 0.6) is 0 Å². The van der Waals surface area contributed by atoms with E-state index in [2.05, 4.69) is 32.3 Å². The van der Waals surface area contributed by atoms with Crippen LogP contribution in [0.2, 0.25) is 4.44 Å². The van der Waals surface area contributed by atoms with Crippen LogP contribution in [0.4, 0.5) is 0 Å². The second kappa shape index (κ2) is 9.10.